The molecule has 0 aliphatic carbocycles. The zero-order chi connectivity index (χ0) is 13.1. The van der Waals surface area contributed by atoms with Gasteiger partial charge in [0, 0.05) is 5.38 Å². The minimum absolute atomic E-state index is 0.322. The number of carbonyl (C=O) groups is 1. The van der Waals surface area contributed by atoms with Crippen LogP contribution in [0.1, 0.15) is 28.8 Å². The van der Waals surface area contributed by atoms with Gasteiger partial charge in [0.2, 0.25) is 0 Å². The number of nitrogens with one attached hydrogen (secondary N) is 2. The number of esters is 1. The van der Waals surface area contributed by atoms with Crippen LogP contribution in [0.5, 0.6) is 0 Å². The Kier molecular flexibility index (Phi) is 3.61. The van der Waals surface area contributed by atoms with E-state index >= 15 is 0 Å². The van der Waals surface area contributed by atoms with Gasteiger partial charge in [-0.25, -0.2) is 9.78 Å². The fourth-order valence-electron chi connectivity index (χ4n) is 1.47. The molecule has 2 heterocycles. The van der Waals surface area contributed by atoms with E-state index in [9.17, 15) is 4.79 Å². The van der Waals surface area contributed by atoms with Crippen LogP contribution in [0.4, 0.5) is 10.8 Å². The quantitative estimate of drug-likeness (QED) is 0.831. The maximum absolute atomic E-state index is 11.5. The van der Waals surface area contributed by atoms with Crippen molar-refractivity contribution in [1.29, 1.82) is 0 Å². The van der Waals surface area contributed by atoms with Crippen LogP contribution in [0.15, 0.2) is 5.38 Å². The number of aryl methyl sites for hydroxylation is 2. The van der Waals surface area contributed by atoms with Crippen LogP contribution in [0.3, 0.4) is 0 Å². The summed E-state index contributed by atoms with van der Waals surface area (Å²) in [7, 11) is 0. The Bertz CT molecular complexity index is 542. The molecule has 0 unspecified atom stereocenters. The van der Waals surface area contributed by atoms with Crippen molar-refractivity contribution < 1.29 is 9.53 Å². The van der Waals surface area contributed by atoms with Gasteiger partial charge in [-0.15, -0.1) is 11.3 Å². The third-order valence-electron chi connectivity index (χ3n) is 2.35. The second kappa shape index (κ2) is 5.18. The molecule has 2 aromatic heterocycles. The molecule has 0 amide bonds. The van der Waals surface area contributed by atoms with Gasteiger partial charge in [0.25, 0.3) is 0 Å². The summed E-state index contributed by atoms with van der Waals surface area (Å²) < 4.78 is 4.88. The van der Waals surface area contributed by atoms with E-state index in [4.69, 9.17) is 4.74 Å². The molecule has 2 N–H and O–H groups in total. The third-order valence-corrected chi connectivity index (χ3v) is 3.11. The molecule has 7 heteroatoms. The molecule has 0 aliphatic heterocycles. The number of anilines is 2. The van der Waals surface area contributed by atoms with Gasteiger partial charge in [0.1, 0.15) is 0 Å². The van der Waals surface area contributed by atoms with Gasteiger partial charge in [-0.1, -0.05) is 0 Å². The normalized spacial score (nSPS) is 10.4. The second-order valence-electron chi connectivity index (χ2n) is 3.69. The summed E-state index contributed by atoms with van der Waals surface area (Å²) in [5, 5.41) is 12.4. The van der Waals surface area contributed by atoms with E-state index < -0.39 is 5.97 Å². The van der Waals surface area contributed by atoms with E-state index in [1.54, 1.807) is 12.3 Å². The van der Waals surface area contributed by atoms with Gasteiger partial charge in [0.15, 0.2) is 10.8 Å². The fraction of sp³-hybridized carbons (Fsp3) is 0.364. The highest BCUT2D eigenvalue weighted by Crippen LogP contribution is 2.24. The molecule has 0 aliphatic rings. The number of nitrogens with zero attached hydrogens (tertiary/aromatic N) is 2. The Hall–Kier alpha value is -1.89. The van der Waals surface area contributed by atoms with Gasteiger partial charge in [-0.3, -0.25) is 5.10 Å². The highest BCUT2D eigenvalue weighted by Gasteiger charge is 2.13. The Balaban J connectivity index is 2.14. The Labute approximate surface area is 108 Å². The summed E-state index contributed by atoms with van der Waals surface area (Å²) in [6.07, 6.45) is 0. The zero-order valence-corrected chi connectivity index (χ0v) is 11.2. The molecule has 0 saturated heterocycles. The highest BCUT2D eigenvalue weighted by atomic mass is 32.1. The van der Waals surface area contributed by atoms with E-state index in [0.29, 0.717) is 17.4 Å². The lowest BCUT2D eigenvalue weighted by Gasteiger charge is -2.01. The van der Waals surface area contributed by atoms with Gasteiger partial charge >= 0.3 is 5.97 Å². The molecule has 96 valence electrons. The van der Waals surface area contributed by atoms with E-state index in [-0.39, 0.29) is 0 Å². The molecule has 18 heavy (non-hydrogen) atoms. The van der Waals surface area contributed by atoms with Crippen LogP contribution in [-0.2, 0) is 4.74 Å². The summed E-state index contributed by atoms with van der Waals surface area (Å²) in [5.41, 5.74) is 3.00. The van der Waals surface area contributed by atoms with Gasteiger partial charge in [-0.05, 0) is 20.8 Å². The average molecular weight is 266 g/mol. The number of aromatic nitrogens is 3. The first-order chi connectivity index (χ1) is 8.61. The molecular weight excluding hydrogens is 252 g/mol. The maximum atomic E-state index is 11.5. The molecule has 6 nitrogen and oxygen atoms in total. The number of aromatic amines is 1. The first-order valence-corrected chi connectivity index (χ1v) is 6.41. The topological polar surface area (TPSA) is 79.9 Å². The van der Waals surface area contributed by atoms with Crippen LogP contribution in [0.25, 0.3) is 0 Å². The molecular formula is C11H14N4O2S. The van der Waals surface area contributed by atoms with E-state index in [0.717, 1.165) is 17.1 Å². The molecule has 0 bridgehead atoms. The number of ether oxygens (including phenoxy) is 1. The lowest BCUT2D eigenvalue weighted by Crippen LogP contribution is -2.05. The average Bonchev–Trinajstić information content (AvgIpc) is 2.92. The molecule has 2 aromatic rings. The Morgan fingerprint density at radius 3 is 2.94 bits per heavy atom. The van der Waals surface area contributed by atoms with E-state index in [1.165, 1.54) is 11.3 Å². The molecule has 2 rings (SSSR count). The largest absolute Gasteiger partial charge is 0.461 e. The summed E-state index contributed by atoms with van der Waals surface area (Å²) in [6, 6.07) is 0. The van der Waals surface area contributed by atoms with E-state index in [1.807, 2.05) is 13.8 Å². The SMILES string of the molecule is CCOC(=O)c1csc(Nc2c(C)n[nH]c2C)n1. The van der Waals surface area contributed by atoms with Crippen molar-refractivity contribution in [3.05, 3.63) is 22.5 Å². The van der Waals surface area contributed by atoms with Crippen molar-refractivity contribution in [2.75, 3.05) is 11.9 Å². The van der Waals surface area contributed by atoms with Crippen LogP contribution >= 0.6 is 11.3 Å². The fourth-order valence-corrected chi connectivity index (χ4v) is 2.16. The number of carbonyl (C=O) groups excluding carboxylic acids is 1. The standard InChI is InChI=1S/C11H14N4O2S/c1-4-17-10(16)8-5-18-11(12-8)13-9-6(2)14-15-7(9)3/h5H,4H2,1-3H3,(H,12,13)(H,14,15). The zero-order valence-electron chi connectivity index (χ0n) is 10.4. The Morgan fingerprint density at radius 2 is 2.33 bits per heavy atom. The molecule has 0 saturated carbocycles. The smallest absolute Gasteiger partial charge is 0.357 e. The maximum Gasteiger partial charge on any atom is 0.357 e. The lowest BCUT2D eigenvalue weighted by molar-refractivity contribution is 0.0520. The minimum atomic E-state index is -0.401. The van der Waals surface area contributed by atoms with Crippen LogP contribution in [0.2, 0.25) is 0 Å². The first-order valence-electron chi connectivity index (χ1n) is 5.53. The van der Waals surface area contributed by atoms with Crippen molar-refractivity contribution in [2.45, 2.75) is 20.8 Å². The predicted octanol–water partition coefficient (Wildman–Crippen LogP) is 2.40. The van der Waals surface area contributed by atoms with Crippen molar-refractivity contribution in [3.8, 4) is 0 Å². The summed E-state index contributed by atoms with van der Waals surface area (Å²) in [6.45, 7) is 5.93. The number of thiazole rings is 1. The number of hydrogen-bond donors (Lipinski definition) is 2. The Morgan fingerprint density at radius 1 is 1.56 bits per heavy atom. The number of H-pyrrole nitrogens is 1. The highest BCUT2D eigenvalue weighted by molar-refractivity contribution is 7.14. The minimum Gasteiger partial charge on any atom is -0.461 e. The van der Waals surface area contributed by atoms with Crippen molar-refractivity contribution in [2.24, 2.45) is 0 Å². The van der Waals surface area contributed by atoms with Crippen LogP contribution < -0.4 is 5.32 Å². The van der Waals surface area contributed by atoms with Crippen LogP contribution in [-0.4, -0.2) is 27.8 Å². The van der Waals surface area contributed by atoms with Crippen molar-refractivity contribution in [1.82, 2.24) is 15.2 Å². The molecule has 0 aromatic carbocycles. The van der Waals surface area contributed by atoms with Crippen molar-refractivity contribution >= 4 is 28.1 Å². The predicted molar refractivity (Wildman–Crippen MR) is 69.4 cm³/mol. The lowest BCUT2D eigenvalue weighted by atomic mass is 10.3. The summed E-state index contributed by atoms with van der Waals surface area (Å²) >= 11 is 1.35. The molecule has 0 fully saturated rings. The monoisotopic (exact) mass is 266 g/mol. The van der Waals surface area contributed by atoms with Gasteiger partial charge in [-0.2, -0.15) is 5.10 Å². The third kappa shape index (κ3) is 2.51. The van der Waals surface area contributed by atoms with Gasteiger partial charge < -0.3 is 10.1 Å². The summed E-state index contributed by atoms with van der Waals surface area (Å²) in [4.78, 5) is 15.6. The summed E-state index contributed by atoms with van der Waals surface area (Å²) in [5.74, 6) is -0.401. The first kappa shape index (κ1) is 12.6. The van der Waals surface area contributed by atoms with Crippen LogP contribution in [0, 0.1) is 13.8 Å². The second-order valence-corrected chi connectivity index (χ2v) is 4.55. The van der Waals surface area contributed by atoms with Gasteiger partial charge in [0.05, 0.1) is 23.7 Å². The molecule has 0 radical (unpaired) electrons. The number of hydrogen-bond acceptors (Lipinski definition) is 6. The number of rotatable bonds is 4. The molecule has 0 spiro atoms. The molecule has 0 atom stereocenters. The van der Waals surface area contributed by atoms with Crippen molar-refractivity contribution in [3.63, 3.8) is 0 Å². The van der Waals surface area contributed by atoms with E-state index in [2.05, 4.69) is 20.5 Å².